The van der Waals surface area contributed by atoms with Crippen molar-refractivity contribution in [2.24, 2.45) is 0 Å². The highest BCUT2D eigenvalue weighted by Crippen LogP contribution is 2.58. The van der Waals surface area contributed by atoms with Crippen molar-refractivity contribution in [3.63, 3.8) is 0 Å². The highest BCUT2D eigenvalue weighted by Gasteiger charge is 2.47. The molecule has 212 valence electrons. The number of furan rings is 1. The third kappa shape index (κ3) is 3.76. The molecule has 9 rings (SSSR count). The maximum absolute atomic E-state index is 9.42. The fraction of sp³-hybridized carbons (Fsp3) is 0.0233. The molecule has 0 radical (unpaired) electrons. The minimum Gasteiger partial charge on any atom is -0.456 e. The lowest BCUT2D eigenvalue weighted by molar-refractivity contribution is 0.667. The third-order valence-electron chi connectivity index (χ3n) is 9.00. The molecular weight excluding hydrogens is 546 g/mol. The van der Waals surface area contributed by atoms with Crippen LogP contribution in [0.25, 0.3) is 33.1 Å². The highest BCUT2D eigenvalue weighted by atomic mass is 16.3. The summed E-state index contributed by atoms with van der Waals surface area (Å²) in [5.41, 5.74) is 7.56. The number of nitrogens with zero attached hydrogens (tertiary/aromatic N) is 1. The molecular formula is C43H29NO. The predicted molar refractivity (Wildman–Crippen MR) is 186 cm³/mol. The van der Waals surface area contributed by atoms with Crippen molar-refractivity contribution in [2.75, 3.05) is 4.90 Å². The molecule has 2 nitrogen and oxygen atoms in total. The Kier molecular flexibility index (Phi) is 4.70. The van der Waals surface area contributed by atoms with Crippen LogP contribution in [0.2, 0.25) is 0 Å². The van der Waals surface area contributed by atoms with Crippen LogP contribution in [0.15, 0.2) is 180 Å². The Hall–Kier alpha value is -5.86. The monoisotopic (exact) mass is 580 g/mol. The molecule has 1 unspecified atom stereocenters. The van der Waals surface area contributed by atoms with E-state index in [0.717, 1.165) is 61.2 Å². The SMILES string of the molecule is [2H]c1c([2H])c([2H])c(C2(c3cccc4oc5ccccc5c34)c3ccccc3-c3cc(N(c4ccccc4)c4ccccc4)ccc32)c([2H])c1[2H]. The molecule has 0 saturated heterocycles. The number of hydrogen-bond acceptors (Lipinski definition) is 2. The summed E-state index contributed by atoms with van der Waals surface area (Å²) in [5.74, 6) is 0. The summed E-state index contributed by atoms with van der Waals surface area (Å²) in [6.07, 6.45) is 0. The number of benzene rings is 7. The molecule has 0 amide bonds. The van der Waals surface area contributed by atoms with E-state index in [1.807, 2.05) is 97.1 Å². The van der Waals surface area contributed by atoms with Crippen molar-refractivity contribution < 1.29 is 11.3 Å². The molecule has 45 heavy (non-hydrogen) atoms. The smallest absolute Gasteiger partial charge is 0.135 e. The van der Waals surface area contributed by atoms with Crippen molar-refractivity contribution in [1.29, 1.82) is 0 Å². The molecule has 0 spiro atoms. The van der Waals surface area contributed by atoms with Crippen LogP contribution in [0, 0.1) is 0 Å². The molecule has 0 saturated carbocycles. The van der Waals surface area contributed by atoms with E-state index in [0.29, 0.717) is 5.58 Å². The van der Waals surface area contributed by atoms with Gasteiger partial charge in [0.1, 0.15) is 11.2 Å². The lowest BCUT2D eigenvalue weighted by Gasteiger charge is -2.34. The second kappa shape index (κ2) is 10.1. The standard InChI is InChI=1S/C43H29NO/c1-4-15-30(16-5-1)43(39-24-14-26-41-42(39)35-22-11-13-25-40(35)45-41)37-23-12-10-21-34(37)36-29-33(27-28-38(36)43)44(31-17-6-2-7-18-31)32-19-8-3-9-20-32/h1-29H/i1D,4D,5D,15D,16D. The van der Waals surface area contributed by atoms with Gasteiger partial charge in [-0.3, -0.25) is 0 Å². The first-order valence-electron chi connectivity index (χ1n) is 17.5. The molecule has 1 aromatic heterocycles. The summed E-state index contributed by atoms with van der Waals surface area (Å²) in [6, 6.07) is 46.9. The number of fused-ring (bicyclic) bond motifs is 6. The third-order valence-corrected chi connectivity index (χ3v) is 9.00. The topological polar surface area (TPSA) is 16.4 Å². The van der Waals surface area contributed by atoms with E-state index in [2.05, 4.69) is 53.4 Å². The second-order valence-corrected chi connectivity index (χ2v) is 11.3. The van der Waals surface area contributed by atoms with Crippen LogP contribution in [0.3, 0.4) is 0 Å². The summed E-state index contributed by atoms with van der Waals surface area (Å²) in [6.45, 7) is 0. The highest BCUT2D eigenvalue weighted by molar-refractivity contribution is 6.09. The first kappa shape index (κ1) is 20.9. The van der Waals surface area contributed by atoms with Gasteiger partial charge in [0.25, 0.3) is 0 Å². The second-order valence-electron chi connectivity index (χ2n) is 11.3. The summed E-state index contributed by atoms with van der Waals surface area (Å²) < 4.78 is 51.4. The van der Waals surface area contributed by atoms with Crippen molar-refractivity contribution in [1.82, 2.24) is 0 Å². The van der Waals surface area contributed by atoms with E-state index in [-0.39, 0.29) is 29.7 Å². The van der Waals surface area contributed by atoms with Gasteiger partial charge in [-0.15, -0.1) is 0 Å². The zero-order chi connectivity index (χ0) is 34.1. The quantitative estimate of drug-likeness (QED) is 0.201. The average Bonchev–Trinajstić information content (AvgIpc) is 3.68. The van der Waals surface area contributed by atoms with Crippen molar-refractivity contribution in [3.8, 4) is 11.1 Å². The van der Waals surface area contributed by atoms with Gasteiger partial charge in [0, 0.05) is 27.8 Å². The summed E-state index contributed by atoms with van der Waals surface area (Å²) >= 11 is 0. The van der Waals surface area contributed by atoms with E-state index in [1.165, 1.54) is 0 Å². The number of hydrogen-bond donors (Lipinski definition) is 0. The minimum absolute atomic E-state index is 0.211. The van der Waals surface area contributed by atoms with Gasteiger partial charge in [0.05, 0.1) is 12.3 Å². The predicted octanol–water partition coefficient (Wildman–Crippen LogP) is 11.4. The van der Waals surface area contributed by atoms with Gasteiger partial charge < -0.3 is 9.32 Å². The molecule has 1 heterocycles. The summed E-state index contributed by atoms with van der Waals surface area (Å²) in [5, 5.41) is 1.74. The molecule has 1 atom stereocenters. The lowest BCUT2D eigenvalue weighted by atomic mass is 9.66. The Morgan fingerprint density at radius 2 is 1.11 bits per heavy atom. The first-order chi connectivity index (χ1) is 24.4. The fourth-order valence-corrected chi connectivity index (χ4v) is 7.23. The molecule has 0 aliphatic heterocycles. The molecule has 0 fully saturated rings. The normalized spacial score (nSPS) is 16.8. The average molecular weight is 581 g/mol. The Labute approximate surface area is 269 Å². The number of para-hydroxylation sites is 3. The lowest BCUT2D eigenvalue weighted by Crippen LogP contribution is -2.28. The van der Waals surface area contributed by atoms with Crippen LogP contribution >= 0.6 is 0 Å². The van der Waals surface area contributed by atoms with Crippen molar-refractivity contribution in [3.05, 3.63) is 198 Å². The van der Waals surface area contributed by atoms with Gasteiger partial charge in [0.2, 0.25) is 0 Å². The Morgan fingerprint density at radius 1 is 0.489 bits per heavy atom. The van der Waals surface area contributed by atoms with Gasteiger partial charge in [-0.05, 0) is 81.9 Å². The Bertz CT molecular complexity index is 2550. The number of rotatable bonds is 5. The Morgan fingerprint density at radius 3 is 1.89 bits per heavy atom. The van der Waals surface area contributed by atoms with Crippen LogP contribution in [-0.4, -0.2) is 0 Å². The van der Waals surface area contributed by atoms with Gasteiger partial charge in [0.15, 0.2) is 0 Å². The fourth-order valence-electron chi connectivity index (χ4n) is 7.23. The van der Waals surface area contributed by atoms with E-state index in [9.17, 15) is 2.74 Å². The zero-order valence-electron chi connectivity index (χ0n) is 29.2. The van der Waals surface area contributed by atoms with E-state index >= 15 is 0 Å². The largest absolute Gasteiger partial charge is 0.456 e. The molecule has 0 N–H and O–H groups in total. The maximum Gasteiger partial charge on any atom is 0.135 e. The Balaban J connectivity index is 1.44. The minimum atomic E-state index is -1.28. The van der Waals surface area contributed by atoms with Gasteiger partial charge >= 0.3 is 0 Å². The van der Waals surface area contributed by atoms with E-state index in [1.54, 1.807) is 0 Å². The molecule has 0 bridgehead atoms. The van der Waals surface area contributed by atoms with Crippen LogP contribution in [-0.2, 0) is 5.41 Å². The van der Waals surface area contributed by atoms with Gasteiger partial charge in [-0.2, -0.15) is 0 Å². The van der Waals surface area contributed by atoms with Crippen LogP contribution in [0.5, 0.6) is 0 Å². The van der Waals surface area contributed by atoms with Gasteiger partial charge in [-0.25, -0.2) is 0 Å². The molecule has 7 aromatic carbocycles. The maximum atomic E-state index is 9.42. The van der Waals surface area contributed by atoms with Crippen LogP contribution in [0.4, 0.5) is 17.1 Å². The molecule has 8 aromatic rings. The molecule has 2 heteroatoms. The van der Waals surface area contributed by atoms with E-state index in [4.69, 9.17) is 8.53 Å². The first-order valence-corrected chi connectivity index (χ1v) is 15.0. The molecule has 1 aliphatic rings. The zero-order valence-corrected chi connectivity index (χ0v) is 24.2. The van der Waals surface area contributed by atoms with Crippen LogP contribution in [0.1, 0.15) is 29.1 Å². The van der Waals surface area contributed by atoms with E-state index < -0.39 is 11.5 Å². The van der Waals surface area contributed by atoms with Gasteiger partial charge in [-0.1, -0.05) is 127 Å². The van der Waals surface area contributed by atoms with Crippen molar-refractivity contribution >= 4 is 39.0 Å². The molecule has 1 aliphatic carbocycles. The van der Waals surface area contributed by atoms with Crippen LogP contribution < -0.4 is 4.90 Å². The van der Waals surface area contributed by atoms with Crippen molar-refractivity contribution in [2.45, 2.75) is 5.41 Å². The summed E-state index contributed by atoms with van der Waals surface area (Å²) in [4.78, 5) is 2.21. The summed E-state index contributed by atoms with van der Waals surface area (Å²) in [7, 11) is 0. The number of anilines is 3.